The number of amides is 1. The maximum absolute atomic E-state index is 13.3. The van der Waals surface area contributed by atoms with Crippen LogP contribution in [0.4, 0.5) is 0 Å². The van der Waals surface area contributed by atoms with Crippen molar-refractivity contribution in [2.45, 2.75) is 31.9 Å². The van der Waals surface area contributed by atoms with Gasteiger partial charge in [0.1, 0.15) is 5.75 Å². The molecule has 1 atom stereocenters. The van der Waals surface area contributed by atoms with E-state index in [1.54, 1.807) is 17.5 Å². The number of carbonyl (C=O) groups is 1. The zero-order valence-corrected chi connectivity index (χ0v) is 16.4. The molecule has 148 valence electrons. The Hall–Kier alpha value is -3.67. The third-order valence-corrected chi connectivity index (χ3v) is 5.87. The summed E-state index contributed by atoms with van der Waals surface area (Å²) in [4.78, 5) is 30.1. The van der Waals surface area contributed by atoms with E-state index in [0.29, 0.717) is 17.2 Å². The predicted octanol–water partition coefficient (Wildman–Crippen LogP) is 3.64. The monoisotopic (exact) mass is 397 g/mol. The highest BCUT2D eigenvalue weighted by atomic mass is 16.5. The third-order valence-electron chi connectivity index (χ3n) is 5.87. The molecule has 1 N–H and O–H groups in total. The van der Waals surface area contributed by atoms with Crippen molar-refractivity contribution in [2.75, 3.05) is 0 Å². The van der Waals surface area contributed by atoms with Crippen LogP contribution in [0.25, 0.3) is 38.1 Å². The minimum absolute atomic E-state index is 0.0584. The second-order valence-corrected chi connectivity index (χ2v) is 7.96. The van der Waals surface area contributed by atoms with E-state index in [9.17, 15) is 9.59 Å². The number of pyridine rings is 2. The molecule has 1 aliphatic carbocycles. The Bertz CT molecular complexity index is 1520. The molecule has 0 unspecified atom stereocenters. The van der Waals surface area contributed by atoms with Crippen molar-refractivity contribution < 1.29 is 9.53 Å². The second kappa shape index (κ2) is 6.16. The van der Waals surface area contributed by atoms with Crippen LogP contribution in [-0.2, 0) is 4.79 Å². The van der Waals surface area contributed by atoms with Gasteiger partial charge in [0.05, 0.1) is 16.6 Å². The van der Waals surface area contributed by atoms with Crippen molar-refractivity contribution in [1.82, 2.24) is 14.7 Å². The molecule has 1 saturated carbocycles. The van der Waals surface area contributed by atoms with Crippen LogP contribution in [0.5, 0.6) is 5.75 Å². The number of carbonyl (C=O) groups excluding carboxylic acids is 1. The SMILES string of the molecule is C[C@@H](Oc1ccc2c(c1)c1ccnc3c4ccccc4c(=O)n2c13)C(=O)NC1CC1. The Labute approximate surface area is 171 Å². The summed E-state index contributed by atoms with van der Waals surface area (Å²) < 4.78 is 7.66. The molecule has 30 heavy (non-hydrogen) atoms. The van der Waals surface area contributed by atoms with Crippen LogP contribution in [0.3, 0.4) is 0 Å². The Balaban J connectivity index is 1.54. The van der Waals surface area contributed by atoms with Crippen LogP contribution in [0.15, 0.2) is 59.5 Å². The summed E-state index contributed by atoms with van der Waals surface area (Å²) in [6, 6.07) is 15.4. The number of rotatable bonds is 4. The Morgan fingerprint density at radius 3 is 2.70 bits per heavy atom. The Morgan fingerprint density at radius 2 is 1.90 bits per heavy atom. The van der Waals surface area contributed by atoms with Gasteiger partial charge < -0.3 is 10.1 Å². The molecule has 0 bridgehead atoms. The largest absolute Gasteiger partial charge is 0.481 e. The van der Waals surface area contributed by atoms with Gasteiger partial charge >= 0.3 is 0 Å². The highest BCUT2D eigenvalue weighted by Crippen LogP contribution is 2.34. The van der Waals surface area contributed by atoms with Gasteiger partial charge in [0.25, 0.3) is 11.5 Å². The van der Waals surface area contributed by atoms with Gasteiger partial charge in [-0.25, -0.2) is 0 Å². The summed E-state index contributed by atoms with van der Waals surface area (Å²) in [5, 5.41) is 6.31. The quantitative estimate of drug-likeness (QED) is 0.470. The normalized spacial score (nSPS) is 15.2. The van der Waals surface area contributed by atoms with Crippen LogP contribution >= 0.6 is 0 Å². The molecule has 6 nitrogen and oxygen atoms in total. The average molecular weight is 397 g/mol. The number of ether oxygens (including phenoxy) is 1. The second-order valence-electron chi connectivity index (χ2n) is 7.96. The number of benzene rings is 2. The zero-order chi connectivity index (χ0) is 20.4. The molecule has 3 aromatic heterocycles. The number of nitrogens with one attached hydrogen (secondary N) is 1. The summed E-state index contributed by atoms with van der Waals surface area (Å²) in [5.41, 5.74) is 2.37. The van der Waals surface area contributed by atoms with Crippen molar-refractivity contribution in [2.24, 2.45) is 0 Å². The van der Waals surface area contributed by atoms with E-state index in [1.807, 2.05) is 48.5 Å². The molecule has 6 heteroatoms. The maximum atomic E-state index is 13.3. The lowest BCUT2D eigenvalue weighted by molar-refractivity contribution is -0.127. The number of fused-ring (bicyclic) bond motifs is 5. The highest BCUT2D eigenvalue weighted by molar-refractivity contribution is 6.18. The van der Waals surface area contributed by atoms with E-state index in [0.717, 1.165) is 45.6 Å². The molecule has 0 saturated heterocycles. The van der Waals surface area contributed by atoms with Crippen molar-refractivity contribution in [3.8, 4) is 5.75 Å². The van der Waals surface area contributed by atoms with Crippen molar-refractivity contribution in [3.63, 3.8) is 0 Å². The fourth-order valence-electron chi connectivity index (χ4n) is 4.23. The van der Waals surface area contributed by atoms with Gasteiger partial charge in [-0.05, 0) is 50.1 Å². The molecule has 1 amide bonds. The molecule has 6 rings (SSSR count). The molecule has 5 aromatic rings. The third kappa shape index (κ3) is 2.46. The standard InChI is InChI=1S/C24H19N3O3/c1-13(23(28)26-14-6-7-14)30-15-8-9-20-19(12-15)17-10-11-25-21-16-4-2-3-5-18(16)24(29)27(20)22(17)21/h2-5,8-14H,6-7H2,1H3,(H,26,28)/t13-/m1/s1. The van der Waals surface area contributed by atoms with E-state index in [2.05, 4.69) is 10.3 Å². The molecule has 3 heterocycles. The van der Waals surface area contributed by atoms with E-state index >= 15 is 0 Å². The first kappa shape index (κ1) is 17.2. The molecule has 0 radical (unpaired) electrons. The van der Waals surface area contributed by atoms with Gasteiger partial charge in [-0.2, -0.15) is 0 Å². The van der Waals surface area contributed by atoms with Gasteiger partial charge in [-0.3, -0.25) is 19.0 Å². The lowest BCUT2D eigenvalue weighted by Crippen LogP contribution is -2.37. The minimum Gasteiger partial charge on any atom is -0.481 e. The van der Waals surface area contributed by atoms with Gasteiger partial charge in [0.15, 0.2) is 6.10 Å². The van der Waals surface area contributed by atoms with E-state index in [1.165, 1.54) is 0 Å². The van der Waals surface area contributed by atoms with Crippen LogP contribution in [0.2, 0.25) is 0 Å². The first-order valence-electron chi connectivity index (χ1n) is 10.2. The molecule has 1 fully saturated rings. The number of nitrogens with zero attached hydrogens (tertiary/aromatic N) is 2. The van der Waals surface area contributed by atoms with E-state index in [-0.39, 0.29) is 11.5 Å². The first-order valence-corrected chi connectivity index (χ1v) is 10.2. The molecular formula is C24H19N3O3. The predicted molar refractivity (Wildman–Crippen MR) is 116 cm³/mol. The van der Waals surface area contributed by atoms with Crippen molar-refractivity contribution in [1.29, 1.82) is 0 Å². The number of aromatic nitrogens is 2. The number of hydrogen-bond acceptors (Lipinski definition) is 4. The topological polar surface area (TPSA) is 72.7 Å². The van der Waals surface area contributed by atoms with Crippen molar-refractivity contribution >= 4 is 44.0 Å². The summed E-state index contributed by atoms with van der Waals surface area (Å²) >= 11 is 0. The highest BCUT2D eigenvalue weighted by Gasteiger charge is 2.26. The lowest BCUT2D eigenvalue weighted by atomic mass is 10.1. The zero-order valence-electron chi connectivity index (χ0n) is 16.4. The van der Waals surface area contributed by atoms with Gasteiger partial charge in [0.2, 0.25) is 0 Å². The smallest absolute Gasteiger partial charge is 0.263 e. The molecule has 0 aliphatic heterocycles. The molecular weight excluding hydrogens is 378 g/mol. The van der Waals surface area contributed by atoms with E-state index in [4.69, 9.17) is 4.74 Å². The first-order chi connectivity index (χ1) is 14.6. The molecule has 2 aromatic carbocycles. The Morgan fingerprint density at radius 1 is 1.10 bits per heavy atom. The summed E-state index contributed by atoms with van der Waals surface area (Å²) in [5.74, 6) is 0.498. The van der Waals surface area contributed by atoms with Gasteiger partial charge in [0, 0.05) is 33.8 Å². The average Bonchev–Trinajstić information content (AvgIpc) is 3.52. The Kier molecular flexibility index (Phi) is 3.53. The number of hydrogen-bond donors (Lipinski definition) is 1. The van der Waals surface area contributed by atoms with Crippen molar-refractivity contribution in [3.05, 3.63) is 65.1 Å². The fraction of sp³-hybridized carbons (Fsp3) is 0.208. The maximum Gasteiger partial charge on any atom is 0.263 e. The summed E-state index contributed by atoms with van der Waals surface area (Å²) in [7, 11) is 0. The molecule has 0 spiro atoms. The van der Waals surface area contributed by atoms with E-state index < -0.39 is 6.10 Å². The van der Waals surface area contributed by atoms with Crippen LogP contribution in [-0.4, -0.2) is 27.4 Å². The van der Waals surface area contributed by atoms with Crippen LogP contribution in [0.1, 0.15) is 19.8 Å². The molecule has 1 aliphatic rings. The van der Waals surface area contributed by atoms with Gasteiger partial charge in [-0.1, -0.05) is 18.2 Å². The van der Waals surface area contributed by atoms with Crippen LogP contribution in [0, 0.1) is 0 Å². The summed E-state index contributed by atoms with van der Waals surface area (Å²) in [6.45, 7) is 1.75. The minimum atomic E-state index is -0.588. The fourth-order valence-corrected chi connectivity index (χ4v) is 4.23. The summed E-state index contributed by atoms with van der Waals surface area (Å²) in [6.07, 6.45) is 3.26. The van der Waals surface area contributed by atoms with Crippen LogP contribution < -0.4 is 15.6 Å². The lowest BCUT2D eigenvalue weighted by Gasteiger charge is -2.14. The van der Waals surface area contributed by atoms with Gasteiger partial charge in [-0.15, -0.1) is 0 Å².